The van der Waals surface area contributed by atoms with Gasteiger partial charge in [0.25, 0.3) is 0 Å². The molecular weight excluding hydrogens is 190 g/mol. The highest BCUT2D eigenvalue weighted by Crippen LogP contribution is 2.25. The molecule has 2 N–H and O–H groups in total. The Bertz CT molecular complexity index is 355. The van der Waals surface area contributed by atoms with Crippen LogP contribution in [0.4, 0.5) is 0 Å². The molecule has 1 fully saturated rings. The number of rotatable bonds is 1. The van der Waals surface area contributed by atoms with Gasteiger partial charge < -0.3 is 15.0 Å². The Morgan fingerprint density at radius 2 is 2.40 bits per heavy atom. The van der Waals surface area contributed by atoms with Crippen molar-refractivity contribution >= 4 is 0 Å². The number of hydrogen-bond acceptors (Lipinski definition) is 3. The molecule has 4 heteroatoms. The van der Waals surface area contributed by atoms with E-state index in [1.54, 1.807) is 0 Å². The van der Waals surface area contributed by atoms with E-state index in [0.717, 1.165) is 32.5 Å². The molecule has 0 aromatic carbocycles. The lowest BCUT2D eigenvalue weighted by molar-refractivity contribution is 0.142. The van der Waals surface area contributed by atoms with Crippen LogP contribution in [0.1, 0.15) is 30.3 Å². The molecule has 3 heterocycles. The van der Waals surface area contributed by atoms with Gasteiger partial charge >= 0.3 is 0 Å². The fraction of sp³-hybridized carbons (Fsp3) is 0.727. The van der Waals surface area contributed by atoms with E-state index in [4.69, 9.17) is 0 Å². The Hall–Kier alpha value is -0.870. The normalized spacial score (nSPS) is 30.5. The summed E-state index contributed by atoms with van der Waals surface area (Å²) >= 11 is 0. The van der Waals surface area contributed by atoms with Gasteiger partial charge in [-0.3, -0.25) is 0 Å². The molecule has 0 bridgehead atoms. The van der Waals surface area contributed by atoms with Gasteiger partial charge in [0, 0.05) is 37.3 Å². The van der Waals surface area contributed by atoms with E-state index in [9.17, 15) is 5.11 Å². The maximum atomic E-state index is 9.58. The summed E-state index contributed by atoms with van der Waals surface area (Å²) in [6.45, 7) is 3.09. The number of fused-ring (bicyclic) bond motifs is 1. The number of aliphatic hydroxyl groups is 1. The number of aliphatic hydroxyl groups excluding tert-OH is 1. The first-order chi connectivity index (χ1) is 7.34. The smallest absolute Gasteiger partial charge is 0.113 e. The van der Waals surface area contributed by atoms with Crippen LogP contribution in [0.15, 0.2) is 6.20 Å². The number of imidazole rings is 1. The Morgan fingerprint density at radius 3 is 3.20 bits per heavy atom. The first-order valence-corrected chi connectivity index (χ1v) is 5.77. The SMILES string of the molecule is OC1CCn2c(cnc2C2CCNC2)C1. The third-order valence-electron chi connectivity index (χ3n) is 3.53. The van der Waals surface area contributed by atoms with Crippen molar-refractivity contribution in [2.45, 2.75) is 37.8 Å². The van der Waals surface area contributed by atoms with Crippen LogP contribution in [-0.2, 0) is 13.0 Å². The second kappa shape index (κ2) is 3.61. The van der Waals surface area contributed by atoms with Crippen LogP contribution in [0.2, 0.25) is 0 Å². The zero-order valence-corrected chi connectivity index (χ0v) is 8.82. The molecule has 2 aliphatic rings. The van der Waals surface area contributed by atoms with Crippen LogP contribution in [0.3, 0.4) is 0 Å². The highest BCUT2D eigenvalue weighted by atomic mass is 16.3. The third-order valence-corrected chi connectivity index (χ3v) is 3.53. The second-order valence-electron chi connectivity index (χ2n) is 4.60. The molecule has 0 spiro atoms. The molecule has 2 atom stereocenters. The van der Waals surface area contributed by atoms with E-state index in [-0.39, 0.29) is 6.10 Å². The van der Waals surface area contributed by atoms with Crippen molar-refractivity contribution < 1.29 is 5.11 Å². The van der Waals surface area contributed by atoms with Gasteiger partial charge in [0.1, 0.15) is 5.82 Å². The Labute approximate surface area is 89.3 Å². The summed E-state index contributed by atoms with van der Waals surface area (Å²) in [7, 11) is 0. The zero-order valence-electron chi connectivity index (χ0n) is 8.82. The molecule has 0 amide bonds. The fourth-order valence-corrected chi connectivity index (χ4v) is 2.67. The molecule has 1 aromatic heterocycles. The second-order valence-corrected chi connectivity index (χ2v) is 4.60. The van der Waals surface area contributed by atoms with Crippen molar-refractivity contribution in [1.29, 1.82) is 0 Å². The molecule has 2 aliphatic heterocycles. The molecule has 3 rings (SSSR count). The average Bonchev–Trinajstić information content (AvgIpc) is 2.82. The van der Waals surface area contributed by atoms with E-state index in [0.29, 0.717) is 5.92 Å². The van der Waals surface area contributed by atoms with Crippen LogP contribution in [0.25, 0.3) is 0 Å². The van der Waals surface area contributed by atoms with Crippen LogP contribution in [0.5, 0.6) is 0 Å². The molecule has 82 valence electrons. The Kier molecular flexibility index (Phi) is 2.25. The molecule has 0 radical (unpaired) electrons. The van der Waals surface area contributed by atoms with Crippen molar-refractivity contribution in [2.24, 2.45) is 0 Å². The van der Waals surface area contributed by atoms with Gasteiger partial charge in [0.05, 0.1) is 6.10 Å². The molecule has 1 aromatic rings. The number of hydrogen-bond donors (Lipinski definition) is 2. The lowest BCUT2D eigenvalue weighted by atomic mass is 10.1. The highest BCUT2D eigenvalue weighted by Gasteiger charge is 2.25. The third kappa shape index (κ3) is 1.58. The topological polar surface area (TPSA) is 50.1 Å². The van der Waals surface area contributed by atoms with Crippen molar-refractivity contribution in [3.63, 3.8) is 0 Å². The average molecular weight is 207 g/mol. The number of aromatic nitrogens is 2. The minimum Gasteiger partial charge on any atom is -0.393 e. The van der Waals surface area contributed by atoms with E-state index in [2.05, 4.69) is 14.9 Å². The van der Waals surface area contributed by atoms with Gasteiger partial charge in [0.2, 0.25) is 0 Å². The maximum absolute atomic E-state index is 9.58. The minimum absolute atomic E-state index is 0.163. The van der Waals surface area contributed by atoms with Crippen LogP contribution >= 0.6 is 0 Å². The van der Waals surface area contributed by atoms with Gasteiger partial charge in [-0.2, -0.15) is 0 Å². The van der Waals surface area contributed by atoms with Gasteiger partial charge in [-0.05, 0) is 19.4 Å². The fourth-order valence-electron chi connectivity index (χ4n) is 2.67. The molecule has 1 saturated heterocycles. The first-order valence-electron chi connectivity index (χ1n) is 5.77. The lowest BCUT2D eigenvalue weighted by Crippen LogP contribution is -2.24. The lowest BCUT2D eigenvalue weighted by Gasteiger charge is -2.22. The minimum atomic E-state index is -0.163. The molecular formula is C11H17N3O. The number of nitrogens with one attached hydrogen (secondary N) is 1. The van der Waals surface area contributed by atoms with Crippen molar-refractivity contribution in [3.05, 3.63) is 17.7 Å². The summed E-state index contributed by atoms with van der Waals surface area (Å²) in [5.41, 5.74) is 1.20. The summed E-state index contributed by atoms with van der Waals surface area (Å²) in [5.74, 6) is 1.80. The predicted molar refractivity (Wildman–Crippen MR) is 56.8 cm³/mol. The van der Waals surface area contributed by atoms with Crippen molar-refractivity contribution in [2.75, 3.05) is 13.1 Å². The van der Waals surface area contributed by atoms with Gasteiger partial charge in [-0.1, -0.05) is 0 Å². The van der Waals surface area contributed by atoms with Crippen molar-refractivity contribution in [3.8, 4) is 0 Å². The zero-order chi connectivity index (χ0) is 10.3. The van der Waals surface area contributed by atoms with Gasteiger partial charge in [0.15, 0.2) is 0 Å². The monoisotopic (exact) mass is 207 g/mol. The molecule has 4 nitrogen and oxygen atoms in total. The van der Waals surface area contributed by atoms with E-state index >= 15 is 0 Å². The molecule has 0 aliphatic carbocycles. The van der Waals surface area contributed by atoms with E-state index < -0.39 is 0 Å². The quantitative estimate of drug-likeness (QED) is 0.695. The van der Waals surface area contributed by atoms with Crippen LogP contribution < -0.4 is 5.32 Å². The van der Waals surface area contributed by atoms with Gasteiger partial charge in [-0.15, -0.1) is 0 Å². The van der Waals surface area contributed by atoms with Gasteiger partial charge in [-0.25, -0.2) is 4.98 Å². The van der Waals surface area contributed by atoms with E-state index in [1.165, 1.54) is 17.9 Å². The highest BCUT2D eigenvalue weighted by molar-refractivity contribution is 5.14. The number of nitrogens with zero attached hydrogens (tertiary/aromatic N) is 2. The first kappa shape index (κ1) is 9.36. The largest absolute Gasteiger partial charge is 0.393 e. The Morgan fingerprint density at radius 1 is 1.47 bits per heavy atom. The van der Waals surface area contributed by atoms with Crippen LogP contribution in [-0.4, -0.2) is 33.9 Å². The summed E-state index contributed by atoms with van der Waals surface area (Å²) in [4.78, 5) is 4.53. The Balaban J connectivity index is 1.90. The molecule has 2 unspecified atom stereocenters. The summed E-state index contributed by atoms with van der Waals surface area (Å²) in [6, 6.07) is 0. The van der Waals surface area contributed by atoms with E-state index in [1.807, 2.05) is 6.20 Å². The predicted octanol–water partition coefficient (Wildman–Crippen LogP) is 0.267. The maximum Gasteiger partial charge on any atom is 0.113 e. The molecule has 0 saturated carbocycles. The molecule has 15 heavy (non-hydrogen) atoms. The van der Waals surface area contributed by atoms with Crippen molar-refractivity contribution in [1.82, 2.24) is 14.9 Å². The summed E-state index contributed by atoms with van der Waals surface area (Å²) < 4.78 is 2.31. The summed E-state index contributed by atoms with van der Waals surface area (Å²) in [6.07, 6.45) is 4.61. The van der Waals surface area contributed by atoms with Crippen LogP contribution in [0, 0.1) is 0 Å². The summed E-state index contributed by atoms with van der Waals surface area (Å²) in [5, 5.41) is 13.0. The standard InChI is InChI=1S/C11H17N3O/c15-10-2-4-14-9(5-10)7-13-11(14)8-1-3-12-6-8/h7-8,10,12,15H,1-6H2.